The SMILES string of the molecule is O=CCc1csc2nc(-c3c(F)cccc3F)c(NC3CCCC3)n12. The van der Waals surface area contributed by atoms with Gasteiger partial charge in [-0.3, -0.25) is 4.40 Å². The molecule has 2 aromatic heterocycles. The van der Waals surface area contributed by atoms with Crippen LogP contribution in [0.15, 0.2) is 23.6 Å². The zero-order chi connectivity index (χ0) is 17.4. The topological polar surface area (TPSA) is 46.4 Å². The van der Waals surface area contributed by atoms with Crippen LogP contribution >= 0.6 is 11.3 Å². The molecule has 0 unspecified atom stereocenters. The second-order valence-corrected chi connectivity index (χ2v) is 7.08. The number of halogens is 2. The van der Waals surface area contributed by atoms with Crippen LogP contribution in [0.1, 0.15) is 31.4 Å². The number of thiazole rings is 1. The van der Waals surface area contributed by atoms with Gasteiger partial charge in [-0.1, -0.05) is 18.9 Å². The van der Waals surface area contributed by atoms with E-state index in [-0.39, 0.29) is 23.7 Å². The molecule has 1 aliphatic carbocycles. The predicted molar refractivity (Wildman–Crippen MR) is 94.1 cm³/mol. The summed E-state index contributed by atoms with van der Waals surface area (Å²) in [6.07, 6.45) is 5.35. The van der Waals surface area contributed by atoms with Gasteiger partial charge in [0, 0.05) is 23.5 Å². The number of hydrogen-bond donors (Lipinski definition) is 1. The fourth-order valence-electron chi connectivity index (χ4n) is 3.44. The largest absolute Gasteiger partial charge is 0.367 e. The second-order valence-electron chi connectivity index (χ2n) is 6.25. The van der Waals surface area contributed by atoms with Crippen molar-refractivity contribution in [2.45, 2.75) is 38.1 Å². The van der Waals surface area contributed by atoms with Gasteiger partial charge in [0.1, 0.15) is 29.4 Å². The Morgan fingerprint density at radius 3 is 2.68 bits per heavy atom. The molecule has 0 amide bonds. The van der Waals surface area contributed by atoms with Crippen LogP contribution in [0.4, 0.5) is 14.6 Å². The van der Waals surface area contributed by atoms with Crippen LogP contribution in [0, 0.1) is 11.6 Å². The minimum absolute atomic E-state index is 0.129. The lowest BCUT2D eigenvalue weighted by Gasteiger charge is -2.15. The second kappa shape index (κ2) is 6.55. The molecule has 4 rings (SSSR count). The Bertz CT molecular complexity index is 908. The minimum atomic E-state index is -0.642. The van der Waals surface area contributed by atoms with Crippen molar-refractivity contribution in [3.8, 4) is 11.3 Å². The first kappa shape index (κ1) is 16.2. The van der Waals surface area contributed by atoms with Crippen molar-refractivity contribution in [3.05, 3.63) is 40.9 Å². The molecular formula is C18H17F2N3OS. The Hall–Kier alpha value is -2.28. The molecule has 4 nitrogen and oxygen atoms in total. The molecular weight excluding hydrogens is 344 g/mol. The molecule has 1 aromatic carbocycles. The zero-order valence-electron chi connectivity index (χ0n) is 13.5. The zero-order valence-corrected chi connectivity index (χ0v) is 14.3. The van der Waals surface area contributed by atoms with Crippen molar-refractivity contribution < 1.29 is 13.6 Å². The molecule has 2 heterocycles. The molecule has 1 N–H and O–H groups in total. The van der Waals surface area contributed by atoms with Crippen LogP contribution in [-0.2, 0) is 11.2 Å². The van der Waals surface area contributed by atoms with E-state index in [9.17, 15) is 13.6 Å². The molecule has 25 heavy (non-hydrogen) atoms. The van der Waals surface area contributed by atoms with E-state index in [1.807, 2.05) is 9.78 Å². The summed E-state index contributed by atoms with van der Waals surface area (Å²) in [5, 5.41) is 5.29. The van der Waals surface area contributed by atoms with Gasteiger partial charge in [0.25, 0.3) is 0 Å². The van der Waals surface area contributed by atoms with E-state index in [1.54, 1.807) is 0 Å². The van der Waals surface area contributed by atoms with Crippen LogP contribution < -0.4 is 5.32 Å². The molecule has 0 bridgehead atoms. The lowest BCUT2D eigenvalue weighted by atomic mass is 10.1. The highest BCUT2D eigenvalue weighted by Crippen LogP contribution is 2.37. The lowest BCUT2D eigenvalue weighted by molar-refractivity contribution is -0.107. The van der Waals surface area contributed by atoms with Crippen LogP contribution in [-0.4, -0.2) is 21.7 Å². The summed E-state index contributed by atoms with van der Waals surface area (Å²) in [4.78, 5) is 16.1. The molecule has 0 atom stereocenters. The van der Waals surface area contributed by atoms with Gasteiger partial charge in [0.2, 0.25) is 0 Å². The monoisotopic (exact) mass is 361 g/mol. The summed E-state index contributed by atoms with van der Waals surface area (Å²) in [5.74, 6) is -0.710. The summed E-state index contributed by atoms with van der Waals surface area (Å²) in [6.45, 7) is 0. The molecule has 7 heteroatoms. The smallest absolute Gasteiger partial charge is 0.196 e. The van der Waals surface area contributed by atoms with Crippen LogP contribution in [0.25, 0.3) is 16.2 Å². The van der Waals surface area contributed by atoms with Gasteiger partial charge in [-0.2, -0.15) is 0 Å². The number of nitrogens with one attached hydrogen (secondary N) is 1. The third-order valence-electron chi connectivity index (χ3n) is 4.62. The molecule has 1 fully saturated rings. The highest BCUT2D eigenvalue weighted by atomic mass is 32.1. The van der Waals surface area contributed by atoms with Gasteiger partial charge in [0.15, 0.2) is 4.96 Å². The first-order chi connectivity index (χ1) is 12.2. The van der Waals surface area contributed by atoms with Gasteiger partial charge in [-0.15, -0.1) is 11.3 Å². The molecule has 0 saturated heterocycles. The Morgan fingerprint density at radius 1 is 1.28 bits per heavy atom. The molecule has 1 saturated carbocycles. The van der Waals surface area contributed by atoms with E-state index in [1.165, 1.54) is 29.5 Å². The van der Waals surface area contributed by atoms with Crippen molar-refractivity contribution in [2.75, 3.05) is 5.32 Å². The van der Waals surface area contributed by atoms with E-state index in [0.717, 1.165) is 37.7 Å². The van der Waals surface area contributed by atoms with Gasteiger partial charge >= 0.3 is 0 Å². The number of carbonyl (C=O) groups excluding carboxylic acids is 1. The molecule has 130 valence electrons. The molecule has 0 radical (unpaired) electrons. The average Bonchev–Trinajstić information content (AvgIpc) is 3.28. The number of rotatable bonds is 5. The van der Waals surface area contributed by atoms with Gasteiger partial charge in [-0.05, 0) is 25.0 Å². The maximum absolute atomic E-state index is 14.3. The van der Waals surface area contributed by atoms with Gasteiger partial charge in [0.05, 0.1) is 5.56 Å². The number of imidazole rings is 1. The van der Waals surface area contributed by atoms with Gasteiger partial charge < -0.3 is 10.1 Å². The Balaban J connectivity index is 1.92. The highest BCUT2D eigenvalue weighted by molar-refractivity contribution is 7.15. The number of fused-ring (bicyclic) bond motifs is 1. The van der Waals surface area contributed by atoms with Crippen LogP contribution in [0.3, 0.4) is 0 Å². The summed E-state index contributed by atoms with van der Waals surface area (Å²) in [6, 6.07) is 4.06. The van der Waals surface area contributed by atoms with E-state index in [2.05, 4.69) is 10.3 Å². The number of anilines is 1. The van der Waals surface area contributed by atoms with Crippen LogP contribution in [0.2, 0.25) is 0 Å². The standard InChI is InChI=1S/C18H17F2N3OS/c19-13-6-3-7-14(20)15(13)16-17(21-11-4-1-2-5-11)23-12(8-9-24)10-25-18(23)22-16/h3,6-7,9-11,21H,1-2,4-5,8H2. The number of hydrogen-bond acceptors (Lipinski definition) is 4. The predicted octanol–water partition coefficient (Wildman–Crippen LogP) is 4.44. The third kappa shape index (κ3) is 2.82. The summed E-state index contributed by atoms with van der Waals surface area (Å²) in [7, 11) is 0. The summed E-state index contributed by atoms with van der Waals surface area (Å²) < 4.78 is 30.5. The first-order valence-electron chi connectivity index (χ1n) is 8.32. The number of benzene rings is 1. The van der Waals surface area contributed by atoms with Crippen molar-refractivity contribution in [3.63, 3.8) is 0 Å². The number of aldehydes is 1. The van der Waals surface area contributed by atoms with Crippen LogP contribution in [0.5, 0.6) is 0 Å². The first-order valence-corrected chi connectivity index (χ1v) is 9.20. The Labute approximate surface area is 147 Å². The van der Waals surface area contributed by atoms with E-state index in [4.69, 9.17) is 0 Å². The molecule has 3 aromatic rings. The van der Waals surface area contributed by atoms with E-state index in [0.29, 0.717) is 10.8 Å². The van der Waals surface area contributed by atoms with Crippen molar-refractivity contribution in [1.82, 2.24) is 9.38 Å². The minimum Gasteiger partial charge on any atom is -0.367 e. The maximum Gasteiger partial charge on any atom is 0.196 e. The fourth-order valence-corrected chi connectivity index (χ4v) is 4.34. The Morgan fingerprint density at radius 2 is 2.00 bits per heavy atom. The molecule has 1 aliphatic rings. The Kier molecular flexibility index (Phi) is 4.25. The van der Waals surface area contributed by atoms with Crippen molar-refractivity contribution >= 4 is 28.4 Å². The van der Waals surface area contributed by atoms with E-state index < -0.39 is 11.6 Å². The van der Waals surface area contributed by atoms with E-state index >= 15 is 0 Å². The third-order valence-corrected chi connectivity index (χ3v) is 5.50. The molecule has 0 spiro atoms. The maximum atomic E-state index is 14.3. The number of aromatic nitrogens is 2. The lowest BCUT2D eigenvalue weighted by Crippen LogP contribution is -2.17. The van der Waals surface area contributed by atoms with Crippen molar-refractivity contribution in [1.29, 1.82) is 0 Å². The fraction of sp³-hybridized carbons (Fsp3) is 0.333. The van der Waals surface area contributed by atoms with Crippen molar-refractivity contribution in [2.24, 2.45) is 0 Å². The quantitative estimate of drug-likeness (QED) is 0.684. The normalized spacial score (nSPS) is 15.1. The van der Waals surface area contributed by atoms with Gasteiger partial charge in [-0.25, -0.2) is 13.8 Å². The highest BCUT2D eigenvalue weighted by Gasteiger charge is 2.25. The molecule has 0 aliphatic heterocycles. The summed E-state index contributed by atoms with van der Waals surface area (Å²) in [5.41, 5.74) is 0.906. The average molecular weight is 361 g/mol. The number of nitrogens with zero attached hydrogens (tertiary/aromatic N) is 2. The summed E-state index contributed by atoms with van der Waals surface area (Å²) >= 11 is 1.36. The number of carbonyl (C=O) groups is 1.